The summed E-state index contributed by atoms with van der Waals surface area (Å²) in [5.41, 5.74) is 4.01. The van der Waals surface area contributed by atoms with Crippen molar-refractivity contribution in [3.05, 3.63) is 35.6 Å². The van der Waals surface area contributed by atoms with Crippen LogP contribution in [0.25, 0.3) is 0 Å². The molecule has 58 valence electrons. The Balaban J connectivity index is 2.99. The molecule has 2 heteroatoms. The highest BCUT2D eigenvalue weighted by Gasteiger charge is 1.84. The van der Waals surface area contributed by atoms with Crippen LogP contribution in [0, 0.1) is 6.92 Å². The predicted molar refractivity (Wildman–Crippen MR) is 47.5 cm³/mol. The van der Waals surface area contributed by atoms with Crippen LogP contribution in [0.2, 0.25) is 0 Å². The Bertz CT molecular complexity index is 373. The summed E-state index contributed by atoms with van der Waals surface area (Å²) in [6.45, 7) is 1.99. The number of rotatable bonds is 1. The summed E-state index contributed by atoms with van der Waals surface area (Å²) in [5, 5.41) is 0. The second-order valence-electron chi connectivity index (χ2n) is 2.29. The Morgan fingerprint density at radius 1 is 1.25 bits per heavy atom. The first-order valence-corrected chi connectivity index (χ1v) is 3.47. The third kappa shape index (κ3) is 2.42. The fourth-order valence-corrected chi connectivity index (χ4v) is 0.735. The van der Waals surface area contributed by atoms with E-state index < -0.39 is 0 Å². The molecule has 0 amide bonds. The van der Waals surface area contributed by atoms with Crippen LogP contribution in [-0.4, -0.2) is 11.8 Å². The molecule has 1 rings (SSSR count). The second-order valence-corrected chi connectivity index (χ2v) is 2.29. The molecule has 0 saturated heterocycles. The van der Waals surface area contributed by atoms with E-state index in [0.29, 0.717) is 0 Å². The van der Waals surface area contributed by atoms with E-state index in [2.05, 4.69) is 16.6 Å². The van der Waals surface area contributed by atoms with Crippen molar-refractivity contribution in [1.29, 1.82) is 0 Å². The molecule has 0 atom stereocenters. The van der Waals surface area contributed by atoms with Gasteiger partial charge in [0, 0.05) is 5.73 Å². The SMILES string of the molecule is Cc1ccc(N=C=C=C=O)cc1. The maximum atomic E-state index is 9.69. The molecule has 0 N–H and O–H groups in total. The lowest BCUT2D eigenvalue weighted by Crippen LogP contribution is -1.67. The predicted octanol–water partition coefficient (Wildman–Crippen LogP) is 1.84. The fraction of sp³-hybridized carbons (Fsp3) is 0.100. The standard InChI is InChI=1S/C10H7NO/c1-9-3-5-10(6-4-9)11-7-2-8-12/h3-6H,1H3. The van der Waals surface area contributed by atoms with Gasteiger partial charge in [-0.2, -0.15) is 4.99 Å². The first kappa shape index (κ1) is 8.26. The van der Waals surface area contributed by atoms with E-state index in [1.165, 1.54) is 11.5 Å². The second kappa shape index (κ2) is 4.12. The van der Waals surface area contributed by atoms with Gasteiger partial charge in [0.05, 0.1) is 11.6 Å². The Morgan fingerprint density at radius 3 is 2.50 bits per heavy atom. The summed E-state index contributed by atoms with van der Waals surface area (Å²) in [6.07, 6.45) is 0. The maximum Gasteiger partial charge on any atom is 0.187 e. The van der Waals surface area contributed by atoms with Gasteiger partial charge in [-0.25, -0.2) is 4.79 Å². The molecular weight excluding hydrogens is 150 g/mol. The van der Waals surface area contributed by atoms with Crippen LogP contribution in [0.1, 0.15) is 5.56 Å². The van der Waals surface area contributed by atoms with Gasteiger partial charge < -0.3 is 0 Å². The van der Waals surface area contributed by atoms with E-state index >= 15 is 0 Å². The molecule has 0 aliphatic rings. The number of hydrogen-bond donors (Lipinski definition) is 0. The number of aryl methyl sites for hydroxylation is 1. The van der Waals surface area contributed by atoms with Crippen molar-refractivity contribution in [1.82, 2.24) is 0 Å². The molecular formula is C10H7NO. The van der Waals surface area contributed by atoms with Gasteiger partial charge in [0.25, 0.3) is 0 Å². The van der Waals surface area contributed by atoms with Crippen LogP contribution < -0.4 is 0 Å². The monoisotopic (exact) mass is 157 g/mol. The minimum absolute atomic E-state index is 0.753. The zero-order valence-corrected chi connectivity index (χ0v) is 6.66. The van der Waals surface area contributed by atoms with Crippen LogP contribution in [-0.2, 0) is 4.79 Å². The zero-order chi connectivity index (χ0) is 8.81. The van der Waals surface area contributed by atoms with E-state index in [0.717, 1.165) is 5.69 Å². The Kier molecular flexibility index (Phi) is 2.84. The zero-order valence-electron chi connectivity index (χ0n) is 6.66. The molecule has 0 saturated carbocycles. The summed E-state index contributed by atoms with van der Waals surface area (Å²) >= 11 is 0. The van der Waals surface area contributed by atoms with Crippen molar-refractivity contribution in [2.24, 2.45) is 4.99 Å². The number of hydrogen-bond acceptors (Lipinski definition) is 2. The number of aliphatic imine (C=N–C) groups is 1. The minimum atomic E-state index is 0.753. The summed E-state index contributed by atoms with van der Waals surface area (Å²) in [5.74, 6) is 3.77. The van der Waals surface area contributed by atoms with E-state index in [4.69, 9.17) is 0 Å². The number of nitrogens with zero attached hydrogens (tertiary/aromatic N) is 1. The maximum absolute atomic E-state index is 9.69. The average molecular weight is 157 g/mol. The van der Waals surface area contributed by atoms with Gasteiger partial charge in [-0.3, -0.25) is 0 Å². The molecule has 0 fully saturated rings. The van der Waals surface area contributed by atoms with Gasteiger partial charge in [0.1, 0.15) is 0 Å². The van der Waals surface area contributed by atoms with Gasteiger partial charge in [-0.05, 0) is 19.1 Å². The van der Waals surface area contributed by atoms with Gasteiger partial charge >= 0.3 is 0 Å². The Labute approximate surface area is 70.6 Å². The summed E-state index contributed by atoms with van der Waals surface area (Å²) < 4.78 is 0. The highest BCUT2D eigenvalue weighted by Crippen LogP contribution is 2.10. The van der Waals surface area contributed by atoms with Crippen molar-refractivity contribution in [2.45, 2.75) is 6.92 Å². The molecule has 0 radical (unpaired) electrons. The van der Waals surface area contributed by atoms with Gasteiger partial charge in [0.15, 0.2) is 5.94 Å². The number of carbonyl (C=O) groups excluding carboxylic acids is 1. The summed E-state index contributed by atoms with van der Waals surface area (Å²) in [6, 6.07) is 7.56. The van der Waals surface area contributed by atoms with E-state index in [9.17, 15) is 4.79 Å². The Hall–Kier alpha value is -1.84. The van der Waals surface area contributed by atoms with Crippen molar-refractivity contribution in [3.8, 4) is 0 Å². The molecule has 0 aromatic heterocycles. The van der Waals surface area contributed by atoms with E-state index in [-0.39, 0.29) is 0 Å². The smallest absolute Gasteiger partial charge is 0.187 e. The van der Waals surface area contributed by atoms with Gasteiger partial charge in [-0.1, -0.05) is 17.7 Å². The van der Waals surface area contributed by atoms with Crippen LogP contribution in [0.3, 0.4) is 0 Å². The molecule has 0 aliphatic heterocycles. The highest BCUT2D eigenvalue weighted by atomic mass is 16.1. The van der Waals surface area contributed by atoms with Crippen molar-refractivity contribution < 1.29 is 4.79 Å². The third-order valence-electron chi connectivity index (χ3n) is 1.33. The van der Waals surface area contributed by atoms with Crippen molar-refractivity contribution >= 4 is 17.5 Å². The lowest BCUT2D eigenvalue weighted by Gasteiger charge is -1.90. The van der Waals surface area contributed by atoms with Crippen LogP contribution >= 0.6 is 0 Å². The van der Waals surface area contributed by atoms with Crippen LogP contribution in [0.5, 0.6) is 0 Å². The third-order valence-corrected chi connectivity index (χ3v) is 1.33. The molecule has 1 aromatic carbocycles. The quantitative estimate of drug-likeness (QED) is 0.347. The van der Waals surface area contributed by atoms with Crippen LogP contribution in [0.4, 0.5) is 5.69 Å². The van der Waals surface area contributed by atoms with Gasteiger partial charge in [0.2, 0.25) is 0 Å². The van der Waals surface area contributed by atoms with E-state index in [1.54, 1.807) is 0 Å². The highest BCUT2D eigenvalue weighted by molar-refractivity contribution is 5.66. The normalized spacial score (nSPS) is 7.75. The first-order valence-electron chi connectivity index (χ1n) is 3.47. The number of benzene rings is 1. The molecule has 2 nitrogen and oxygen atoms in total. The lowest BCUT2D eigenvalue weighted by molar-refractivity contribution is 0.569. The van der Waals surface area contributed by atoms with Crippen LogP contribution in [0.15, 0.2) is 35.0 Å². The molecule has 0 heterocycles. The lowest BCUT2D eigenvalue weighted by atomic mass is 10.2. The molecule has 1 aromatic rings. The Morgan fingerprint density at radius 2 is 1.92 bits per heavy atom. The van der Waals surface area contributed by atoms with Crippen molar-refractivity contribution in [2.75, 3.05) is 0 Å². The molecule has 0 unspecified atom stereocenters. The first-order chi connectivity index (χ1) is 5.83. The average Bonchev–Trinajstić information content (AvgIpc) is 2.09. The molecule has 0 bridgehead atoms. The fourth-order valence-electron chi connectivity index (χ4n) is 0.735. The largest absolute Gasteiger partial charge is 0.223 e. The van der Waals surface area contributed by atoms with Crippen molar-refractivity contribution in [3.63, 3.8) is 0 Å². The molecule has 0 aliphatic carbocycles. The molecule has 12 heavy (non-hydrogen) atoms. The van der Waals surface area contributed by atoms with E-state index in [1.807, 2.05) is 31.2 Å². The summed E-state index contributed by atoms with van der Waals surface area (Å²) in [4.78, 5) is 13.5. The minimum Gasteiger partial charge on any atom is -0.223 e. The summed E-state index contributed by atoms with van der Waals surface area (Å²) in [7, 11) is 0. The van der Waals surface area contributed by atoms with Gasteiger partial charge in [-0.15, -0.1) is 0 Å². The molecule has 0 spiro atoms. The topological polar surface area (TPSA) is 29.4 Å².